The molecule has 5 fully saturated rings. The largest absolute Gasteiger partial charge is 0.446 e. The van der Waals surface area contributed by atoms with Gasteiger partial charge in [0.05, 0.1) is 52.8 Å². The number of halogens is 8. The Labute approximate surface area is 649 Å². The highest BCUT2D eigenvalue weighted by Crippen LogP contribution is 2.33. The number of carbonyl (C=O) groups is 4. The second-order valence-electron chi connectivity index (χ2n) is 25.0. The summed E-state index contributed by atoms with van der Waals surface area (Å²) < 4.78 is 45.4. The molecule has 5 aliphatic heterocycles. The molecule has 6 aromatic rings. The van der Waals surface area contributed by atoms with Gasteiger partial charge in [-0.15, -0.1) is 23.2 Å². The number of ether oxygens (including phenoxy) is 3. The van der Waals surface area contributed by atoms with Gasteiger partial charge in [0.15, 0.2) is 11.1 Å². The summed E-state index contributed by atoms with van der Waals surface area (Å²) in [5, 5.41) is 40.3. The summed E-state index contributed by atoms with van der Waals surface area (Å²) >= 11 is 25.1. The third-order valence-corrected chi connectivity index (χ3v) is 17.1. The highest BCUT2D eigenvalue weighted by atomic mass is 35.5. The van der Waals surface area contributed by atoms with E-state index in [1.807, 2.05) is 141 Å². The predicted molar refractivity (Wildman–Crippen MR) is 419 cm³/mol. The lowest BCUT2D eigenvalue weighted by atomic mass is 9.86. The van der Waals surface area contributed by atoms with E-state index >= 15 is 0 Å². The van der Waals surface area contributed by atoms with E-state index in [4.69, 9.17) is 77.5 Å². The number of aldehydes is 1. The van der Waals surface area contributed by atoms with Crippen LogP contribution in [0.5, 0.6) is 0 Å². The number of likely N-dealkylation sites (tertiary alicyclic amines) is 3. The number of nitrogens with zero attached hydrogens (tertiary/aromatic N) is 7. The molecule has 106 heavy (non-hydrogen) atoms. The fourth-order valence-electron chi connectivity index (χ4n) is 11.7. The summed E-state index contributed by atoms with van der Waals surface area (Å²) in [5.41, 5.74) is 10.8. The number of carbonyl (C=O) groups excluding carboxylic acids is 4. The lowest BCUT2D eigenvalue weighted by Gasteiger charge is -2.33. The molecule has 6 atom stereocenters. The van der Waals surface area contributed by atoms with Crippen molar-refractivity contribution in [3.05, 3.63) is 232 Å². The normalized spacial score (nSPS) is 19.3. The Morgan fingerprint density at radius 1 is 0.557 bits per heavy atom. The van der Waals surface area contributed by atoms with Crippen LogP contribution in [-0.2, 0) is 43.3 Å². The topological polar surface area (TPSA) is 213 Å². The van der Waals surface area contributed by atoms with E-state index in [1.54, 1.807) is 11.8 Å². The van der Waals surface area contributed by atoms with Gasteiger partial charge in [-0.2, -0.15) is 34.2 Å². The van der Waals surface area contributed by atoms with Crippen molar-refractivity contribution >= 4 is 98.3 Å². The summed E-state index contributed by atoms with van der Waals surface area (Å²) in [6.07, 6.45) is 0.323. The van der Waals surface area contributed by atoms with Crippen LogP contribution in [0.15, 0.2) is 199 Å². The van der Waals surface area contributed by atoms with Crippen molar-refractivity contribution in [3.8, 4) is 24.3 Å². The van der Waals surface area contributed by atoms with Crippen molar-refractivity contribution in [2.45, 2.75) is 117 Å². The van der Waals surface area contributed by atoms with Gasteiger partial charge < -0.3 is 24.4 Å². The van der Waals surface area contributed by atoms with Gasteiger partial charge >= 0.3 is 17.7 Å². The number of allylic oxidation sites excluding steroid dienone is 3. The molecule has 0 spiro atoms. The van der Waals surface area contributed by atoms with E-state index in [0.717, 1.165) is 117 Å². The van der Waals surface area contributed by atoms with E-state index in [-0.39, 0.29) is 17.2 Å². The zero-order valence-electron chi connectivity index (χ0n) is 61.0. The van der Waals surface area contributed by atoms with E-state index in [1.165, 1.54) is 42.0 Å². The minimum absolute atomic E-state index is 0.113. The van der Waals surface area contributed by atoms with Crippen LogP contribution in [0.25, 0.3) is 16.7 Å². The lowest BCUT2D eigenvalue weighted by molar-refractivity contribution is -0.156. The standard InChI is InChI=1S/C21H22N2.C17H19ClN2O2.C14H16N2.C13H17NO.C8H7N.C4H8O.C3H4Cl2O2.C2HF3O.CH2Cl2/c1-17-15-23(16-18-8-4-2-5-9-18)13-12-20(17)21(14-22)19-10-6-3-7-11-19;1-12-11-20(17(21)22-13(2)18)9-8-15(12)16(10-19)14-6-4-3-5-7-14;1-11-10-16-8-7-13(11)14(9-15)12-5-3-2-4-6-12;1-11-9-14(8-7-13(11)15)10-12-5-3-2-4-6-12;9-7-6-8-4-2-1-3-5-8;1-2-4-5-3-1;1-2(4)7-3(5)6;3-2(4,5)1-6;2-1-3/h2-11,17H,12-13,15-16H2,1H3;3-7,12-13H,8-9,11H2,1-2H3;2-6,11,16H,7-8,10H2,1H3;2-6,11H,7-10H2,1H3;1-5H,6H2;1-4H2;2H,1H3;1H;1H2/b21-20+;16-15+;14-13+;;;;;;. The zero-order chi connectivity index (χ0) is 78.1. The second kappa shape index (κ2) is 53.4. The number of alkyl halides is 7. The van der Waals surface area contributed by atoms with E-state index in [0.29, 0.717) is 55.5 Å². The number of nitriles is 4. The number of ketones is 1. The first-order chi connectivity index (χ1) is 50.9. The maximum Gasteiger partial charge on any atom is 0.446 e. The molecule has 15 nitrogen and oxygen atoms in total. The van der Waals surface area contributed by atoms with Crippen LogP contribution in [0.3, 0.4) is 0 Å². The molecule has 0 radical (unpaired) electrons. The molecule has 23 heteroatoms. The summed E-state index contributed by atoms with van der Waals surface area (Å²) in [5.74, 6) is 1.62. The lowest BCUT2D eigenvalue weighted by Crippen LogP contribution is -2.41. The van der Waals surface area contributed by atoms with E-state index in [9.17, 15) is 43.3 Å². The van der Waals surface area contributed by atoms with Crippen LogP contribution in [0.2, 0.25) is 0 Å². The minimum atomic E-state index is -4.64. The number of nitrogens with one attached hydrogen (secondary N) is 1. The van der Waals surface area contributed by atoms with Crippen molar-refractivity contribution in [1.29, 1.82) is 21.0 Å². The molecule has 1 N–H and O–H groups in total. The number of amides is 1. The summed E-state index contributed by atoms with van der Waals surface area (Å²) in [6, 6.07) is 69.7. The zero-order valence-corrected chi connectivity index (χ0v) is 64.8. The maximum atomic E-state index is 11.9. The Balaban J connectivity index is 0.000000327. The number of benzene rings is 6. The van der Waals surface area contributed by atoms with Gasteiger partial charge in [0, 0.05) is 96.1 Å². The Hall–Kier alpha value is -8.34. The van der Waals surface area contributed by atoms with Crippen molar-refractivity contribution in [2.24, 2.45) is 23.7 Å². The maximum absolute atomic E-state index is 11.9. The van der Waals surface area contributed by atoms with Crippen LogP contribution >= 0.6 is 58.0 Å². The van der Waals surface area contributed by atoms with Crippen molar-refractivity contribution in [3.63, 3.8) is 0 Å². The van der Waals surface area contributed by atoms with Crippen LogP contribution in [0.1, 0.15) is 113 Å². The average Bonchev–Trinajstić information content (AvgIpc) is 0.886. The average molecular weight is 1550 g/mol. The van der Waals surface area contributed by atoms with Crippen molar-refractivity contribution < 1.29 is 46.6 Å². The van der Waals surface area contributed by atoms with Gasteiger partial charge in [0.2, 0.25) is 6.29 Å². The number of Topliss-reactive ketones (excluding diaryl/α,β-unsaturated/α-hetero) is 1. The number of hydrogen-bond donors (Lipinski definition) is 1. The smallest absolute Gasteiger partial charge is 0.434 e. The molecule has 566 valence electrons. The highest BCUT2D eigenvalue weighted by molar-refractivity contribution is 6.61. The number of hydrogen-bond acceptors (Lipinski definition) is 14. The fraction of sp³-hybridized carbons (Fsp3) is 0.398. The van der Waals surface area contributed by atoms with Gasteiger partial charge in [-0.05, 0) is 120 Å². The van der Waals surface area contributed by atoms with Gasteiger partial charge in [-0.25, -0.2) is 9.59 Å². The number of rotatable bonds is 10. The third-order valence-electron chi connectivity index (χ3n) is 16.8. The molecule has 11 rings (SSSR count). The van der Waals surface area contributed by atoms with E-state index in [2.05, 4.69) is 113 Å². The Bertz CT molecular complexity index is 3790. The van der Waals surface area contributed by atoms with Crippen LogP contribution in [-0.4, -0.2) is 127 Å². The molecule has 1 amide bonds. The Morgan fingerprint density at radius 2 is 0.915 bits per heavy atom. The molecule has 5 aliphatic rings. The molecule has 5 saturated heterocycles. The second-order valence-corrected chi connectivity index (χ2v) is 27.4. The SMILES string of the molecule is C1CCOC1.CC(Cl)OC(=O)Cl.CC(Cl)OC(=O)N1CC/C(=C(/C#N)c2ccccc2)C(C)C1.CC1CN(Cc2ccccc2)CC/C1=C(/C#N)c1ccccc1.CC1CN(Cc2ccccc2)CCC1=O.CC1CNCC/C1=C(/C#N)c1ccccc1.ClCCl.N#CCc1ccccc1.O=CC(F)(F)F. The minimum Gasteiger partial charge on any atom is -0.434 e. The first kappa shape index (κ1) is 91.9. The van der Waals surface area contributed by atoms with Gasteiger partial charge in [-0.1, -0.05) is 233 Å². The molecule has 0 aliphatic carbocycles. The van der Waals surface area contributed by atoms with Crippen molar-refractivity contribution in [2.75, 3.05) is 70.9 Å². The van der Waals surface area contributed by atoms with Gasteiger partial charge in [-0.3, -0.25) is 19.4 Å². The van der Waals surface area contributed by atoms with Crippen LogP contribution in [0.4, 0.5) is 22.8 Å². The summed E-state index contributed by atoms with van der Waals surface area (Å²) in [7, 11) is 0. The van der Waals surface area contributed by atoms with Crippen LogP contribution in [0, 0.1) is 69.0 Å². The highest BCUT2D eigenvalue weighted by Gasteiger charge is 2.30. The molecular formula is C83H96Cl5F3N8O7. The number of piperidine rings is 4. The monoisotopic (exact) mass is 1550 g/mol. The fourth-order valence-corrected chi connectivity index (χ4v) is 12.1. The van der Waals surface area contributed by atoms with Crippen LogP contribution < -0.4 is 5.32 Å². The molecule has 0 bridgehead atoms. The Morgan fingerprint density at radius 3 is 1.23 bits per heavy atom. The van der Waals surface area contributed by atoms with Gasteiger partial charge in [0.1, 0.15) is 5.78 Å². The summed E-state index contributed by atoms with van der Waals surface area (Å²) in [6.45, 7) is 22.5. The molecule has 0 saturated carbocycles. The molecule has 6 unspecified atom stereocenters. The summed E-state index contributed by atoms with van der Waals surface area (Å²) in [4.78, 5) is 48.2. The molecular weight excluding hydrogens is 1460 g/mol. The first-order valence-electron chi connectivity index (χ1n) is 35.0. The predicted octanol–water partition coefficient (Wildman–Crippen LogP) is 19.9. The quantitative estimate of drug-likeness (QED) is 0.0585. The third kappa shape index (κ3) is 37.8. The van der Waals surface area contributed by atoms with Gasteiger partial charge in [0.25, 0.3) is 0 Å². The Kier molecular flexibility index (Phi) is 46.3. The molecule has 5 heterocycles. The first-order valence-corrected chi connectivity index (χ1v) is 37.3. The van der Waals surface area contributed by atoms with Crippen molar-refractivity contribution in [1.82, 2.24) is 20.0 Å². The molecule has 0 aromatic heterocycles. The molecule has 6 aromatic carbocycles. The van der Waals surface area contributed by atoms with E-state index < -0.39 is 35.1 Å².